The van der Waals surface area contributed by atoms with Crippen molar-refractivity contribution in [2.75, 3.05) is 32.2 Å². The first-order valence-electron chi connectivity index (χ1n) is 5.90. The van der Waals surface area contributed by atoms with Crippen molar-refractivity contribution in [1.29, 1.82) is 0 Å². The van der Waals surface area contributed by atoms with E-state index in [1.54, 1.807) is 32.4 Å². The van der Waals surface area contributed by atoms with E-state index >= 15 is 0 Å². The number of carboxylic acid groups (broad SMARTS) is 1. The maximum Gasteiger partial charge on any atom is 0.339 e. The van der Waals surface area contributed by atoms with Crippen LogP contribution in [0.2, 0.25) is 5.02 Å². The third-order valence-corrected chi connectivity index (χ3v) is 3.68. The van der Waals surface area contributed by atoms with Crippen molar-refractivity contribution < 1.29 is 19.4 Å². The highest BCUT2D eigenvalue weighted by atomic mass is 35.5. The van der Waals surface area contributed by atoms with E-state index in [9.17, 15) is 9.90 Å². The first-order chi connectivity index (χ1) is 9.08. The lowest BCUT2D eigenvalue weighted by Gasteiger charge is -2.20. The predicted molar refractivity (Wildman–Crippen MR) is 72.2 cm³/mol. The van der Waals surface area contributed by atoms with Gasteiger partial charge in [0, 0.05) is 27.3 Å². The zero-order valence-corrected chi connectivity index (χ0v) is 11.6. The Kier molecular flexibility index (Phi) is 4.29. The molecule has 1 heterocycles. The fraction of sp³-hybridized carbons (Fsp3) is 0.462. The van der Waals surface area contributed by atoms with Crippen LogP contribution in [-0.2, 0) is 9.47 Å². The van der Waals surface area contributed by atoms with Crippen molar-refractivity contribution in [2.45, 2.75) is 12.2 Å². The summed E-state index contributed by atoms with van der Waals surface area (Å²) < 4.78 is 10.7. The highest BCUT2D eigenvalue weighted by Gasteiger charge is 2.34. The van der Waals surface area contributed by atoms with Gasteiger partial charge in [0.15, 0.2) is 0 Å². The second-order valence-corrected chi connectivity index (χ2v) is 4.80. The number of carboxylic acids is 1. The molecule has 0 saturated carbocycles. The Hall–Kier alpha value is -1.30. The van der Waals surface area contributed by atoms with Gasteiger partial charge in [-0.3, -0.25) is 0 Å². The molecule has 5 nitrogen and oxygen atoms in total. The number of halogens is 1. The first kappa shape index (κ1) is 14.1. The van der Waals surface area contributed by atoms with Crippen molar-refractivity contribution >= 4 is 23.3 Å². The minimum Gasteiger partial charge on any atom is -0.478 e. The summed E-state index contributed by atoms with van der Waals surface area (Å²) in [6.07, 6.45) is -0.156. The van der Waals surface area contributed by atoms with E-state index in [1.165, 1.54) is 0 Å². The zero-order valence-electron chi connectivity index (χ0n) is 10.8. The van der Waals surface area contributed by atoms with Crippen molar-refractivity contribution in [1.82, 2.24) is 0 Å². The molecule has 1 aromatic carbocycles. The number of ether oxygens (including phenoxy) is 2. The van der Waals surface area contributed by atoms with Crippen molar-refractivity contribution in [3.05, 3.63) is 28.8 Å². The summed E-state index contributed by atoms with van der Waals surface area (Å²) in [5.41, 5.74) is 0.720. The van der Waals surface area contributed by atoms with Crippen LogP contribution in [-0.4, -0.2) is 50.6 Å². The lowest BCUT2D eigenvalue weighted by Crippen LogP contribution is -2.27. The van der Waals surface area contributed by atoms with Crippen LogP contribution in [0.15, 0.2) is 18.2 Å². The number of methoxy groups -OCH3 is 2. The molecular formula is C13H16ClNO4. The molecule has 1 aromatic rings. The molecule has 0 aliphatic carbocycles. The van der Waals surface area contributed by atoms with Crippen LogP contribution < -0.4 is 4.90 Å². The first-order valence-corrected chi connectivity index (χ1v) is 6.28. The van der Waals surface area contributed by atoms with Gasteiger partial charge >= 0.3 is 5.97 Å². The van der Waals surface area contributed by atoms with Crippen LogP contribution >= 0.6 is 11.6 Å². The SMILES string of the molecule is COC1CN(c2cccc(Cl)c2C(=O)O)CC1OC. The molecule has 0 spiro atoms. The zero-order chi connectivity index (χ0) is 14.0. The molecule has 1 N–H and O–H groups in total. The van der Waals surface area contributed by atoms with E-state index in [0.29, 0.717) is 18.8 Å². The summed E-state index contributed by atoms with van der Waals surface area (Å²) in [7, 11) is 3.24. The Morgan fingerprint density at radius 1 is 1.32 bits per heavy atom. The molecule has 0 amide bonds. The molecule has 1 aliphatic heterocycles. The van der Waals surface area contributed by atoms with Gasteiger partial charge in [0.25, 0.3) is 0 Å². The lowest BCUT2D eigenvalue weighted by molar-refractivity contribution is -0.00461. The van der Waals surface area contributed by atoms with Crippen molar-refractivity contribution in [3.63, 3.8) is 0 Å². The number of nitrogens with zero attached hydrogens (tertiary/aromatic N) is 1. The van der Waals surface area contributed by atoms with Gasteiger partial charge in [0.2, 0.25) is 0 Å². The second kappa shape index (κ2) is 5.77. The summed E-state index contributed by atoms with van der Waals surface area (Å²) in [5, 5.41) is 9.52. The van der Waals surface area contributed by atoms with Gasteiger partial charge < -0.3 is 19.5 Å². The number of aromatic carboxylic acids is 1. The van der Waals surface area contributed by atoms with E-state index in [-0.39, 0.29) is 22.8 Å². The quantitative estimate of drug-likeness (QED) is 0.915. The Bertz CT molecular complexity index is 468. The fourth-order valence-electron chi connectivity index (χ4n) is 2.38. The third-order valence-electron chi connectivity index (χ3n) is 3.37. The summed E-state index contributed by atoms with van der Waals surface area (Å²) >= 11 is 5.97. The van der Waals surface area contributed by atoms with Gasteiger partial charge in [-0.1, -0.05) is 17.7 Å². The summed E-state index contributed by atoms with van der Waals surface area (Å²) in [4.78, 5) is 13.3. The Morgan fingerprint density at radius 2 is 1.89 bits per heavy atom. The summed E-state index contributed by atoms with van der Waals surface area (Å²) in [6.45, 7) is 1.16. The van der Waals surface area contributed by atoms with E-state index in [0.717, 1.165) is 0 Å². The molecule has 2 unspecified atom stereocenters. The largest absolute Gasteiger partial charge is 0.478 e. The van der Waals surface area contributed by atoms with Gasteiger partial charge in [0.1, 0.15) is 17.8 Å². The van der Waals surface area contributed by atoms with Crippen LogP contribution in [0.25, 0.3) is 0 Å². The van der Waals surface area contributed by atoms with E-state index in [2.05, 4.69) is 0 Å². The molecule has 1 saturated heterocycles. The highest BCUT2D eigenvalue weighted by molar-refractivity contribution is 6.34. The van der Waals surface area contributed by atoms with Crippen LogP contribution in [0.4, 0.5) is 5.69 Å². The minimum atomic E-state index is -1.03. The Morgan fingerprint density at radius 3 is 2.37 bits per heavy atom. The van der Waals surface area contributed by atoms with Gasteiger partial charge in [-0.05, 0) is 12.1 Å². The number of rotatable bonds is 4. The second-order valence-electron chi connectivity index (χ2n) is 4.39. The smallest absolute Gasteiger partial charge is 0.339 e. The average molecular weight is 286 g/mol. The fourth-order valence-corrected chi connectivity index (χ4v) is 2.63. The Balaban J connectivity index is 2.33. The molecular weight excluding hydrogens is 270 g/mol. The maximum atomic E-state index is 11.3. The third kappa shape index (κ3) is 2.68. The summed E-state index contributed by atoms with van der Waals surface area (Å²) in [5.74, 6) is -1.03. The Labute approximate surface area is 116 Å². The van der Waals surface area contributed by atoms with Crippen LogP contribution in [0.1, 0.15) is 10.4 Å². The topological polar surface area (TPSA) is 59.0 Å². The van der Waals surface area contributed by atoms with E-state index in [4.69, 9.17) is 21.1 Å². The van der Waals surface area contributed by atoms with Crippen LogP contribution in [0.3, 0.4) is 0 Å². The minimum absolute atomic E-state index is 0.0781. The van der Waals surface area contributed by atoms with Crippen LogP contribution in [0, 0.1) is 0 Å². The number of carbonyl (C=O) groups is 1. The molecule has 1 fully saturated rings. The number of anilines is 1. The maximum absolute atomic E-state index is 11.3. The monoisotopic (exact) mass is 285 g/mol. The normalized spacial score (nSPS) is 22.8. The van der Waals surface area contributed by atoms with Gasteiger partial charge in [-0.15, -0.1) is 0 Å². The predicted octanol–water partition coefficient (Wildman–Crippen LogP) is 1.89. The standard InChI is InChI=1S/C13H16ClNO4/c1-18-10-6-15(7-11(10)19-2)9-5-3-4-8(14)12(9)13(16)17/h3-5,10-11H,6-7H2,1-2H3,(H,16,17). The van der Waals surface area contributed by atoms with E-state index < -0.39 is 5.97 Å². The molecule has 2 atom stereocenters. The molecule has 1 aliphatic rings. The van der Waals surface area contributed by atoms with Gasteiger partial charge in [-0.25, -0.2) is 4.79 Å². The molecule has 104 valence electrons. The average Bonchev–Trinajstić information content (AvgIpc) is 2.81. The number of hydrogen-bond donors (Lipinski definition) is 1. The van der Waals surface area contributed by atoms with Gasteiger partial charge in [0.05, 0.1) is 10.7 Å². The van der Waals surface area contributed by atoms with Crippen molar-refractivity contribution in [2.24, 2.45) is 0 Å². The number of benzene rings is 1. The van der Waals surface area contributed by atoms with Crippen LogP contribution in [0.5, 0.6) is 0 Å². The molecule has 19 heavy (non-hydrogen) atoms. The summed E-state index contributed by atoms with van der Waals surface area (Å²) in [6, 6.07) is 5.07. The molecule has 0 radical (unpaired) electrons. The van der Waals surface area contributed by atoms with Gasteiger partial charge in [-0.2, -0.15) is 0 Å². The lowest BCUT2D eigenvalue weighted by atomic mass is 10.1. The molecule has 2 rings (SSSR count). The molecule has 0 bridgehead atoms. The number of hydrogen-bond acceptors (Lipinski definition) is 4. The molecule has 6 heteroatoms. The van der Waals surface area contributed by atoms with E-state index in [1.807, 2.05) is 4.90 Å². The molecule has 0 aromatic heterocycles. The highest BCUT2D eigenvalue weighted by Crippen LogP contribution is 2.31. The van der Waals surface area contributed by atoms with Crippen molar-refractivity contribution in [3.8, 4) is 0 Å².